The summed E-state index contributed by atoms with van der Waals surface area (Å²) in [7, 11) is 0. The van der Waals surface area contributed by atoms with Crippen LogP contribution in [0.5, 0.6) is 0 Å². The minimum atomic E-state index is -0.392. The van der Waals surface area contributed by atoms with Crippen LogP contribution in [0, 0.1) is 0 Å². The van der Waals surface area contributed by atoms with Gasteiger partial charge in [-0.25, -0.2) is 4.79 Å². The molecule has 0 bridgehead atoms. The molecule has 2 aromatic heterocycles. The van der Waals surface area contributed by atoms with Gasteiger partial charge in [-0.15, -0.1) is 0 Å². The number of H-pyrrole nitrogens is 1. The zero-order chi connectivity index (χ0) is 11.1. The number of fused-ring (bicyclic) bond motifs is 1. The quantitative estimate of drug-likeness (QED) is 0.747. The van der Waals surface area contributed by atoms with E-state index in [1.54, 1.807) is 17.0 Å². The highest BCUT2D eigenvalue weighted by atomic mass is 16.1. The second-order valence-electron chi connectivity index (χ2n) is 4.17. The number of nitrogens with one attached hydrogen (secondary N) is 1. The van der Waals surface area contributed by atoms with Gasteiger partial charge in [0.05, 0.1) is 22.8 Å². The maximum atomic E-state index is 11.8. The molecule has 0 atom stereocenters. The van der Waals surface area contributed by atoms with Crippen molar-refractivity contribution in [3.63, 3.8) is 0 Å². The summed E-state index contributed by atoms with van der Waals surface area (Å²) in [6.45, 7) is 4.27. The number of hydrogen-bond donors (Lipinski definition) is 2. The van der Waals surface area contributed by atoms with Crippen molar-refractivity contribution >= 4 is 11.0 Å². The Morgan fingerprint density at radius 3 is 3.00 bits per heavy atom. The summed E-state index contributed by atoms with van der Waals surface area (Å²) in [4.78, 5) is 18.5. The summed E-state index contributed by atoms with van der Waals surface area (Å²) in [6, 6.07) is 1.81. The lowest BCUT2D eigenvalue weighted by atomic mass is 10.1. The topological polar surface area (TPSA) is 76.7 Å². The van der Waals surface area contributed by atoms with E-state index in [1.165, 1.54) is 0 Å². The maximum absolute atomic E-state index is 11.8. The Balaban J connectivity index is 2.80. The van der Waals surface area contributed by atoms with Crippen molar-refractivity contribution in [2.24, 2.45) is 5.73 Å². The van der Waals surface area contributed by atoms with E-state index in [0.717, 1.165) is 11.0 Å². The maximum Gasteiger partial charge on any atom is 0.327 e. The molecular formula is C10H14N4O. The first-order valence-electron chi connectivity index (χ1n) is 4.81. The summed E-state index contributed by atoms with van der Waals surface area (Å²) in [5.74, 6) is 0. The number of nitrogens with two attached hydrogens (primary N) is 1. The molecule has 0 unspecified atom stereocenters. The summed E-state index contributed by atoms with van der Waals surface area (Å²) in [5, 5.41) is 0. The minimum Gasteiger partial charge on any atom is -0.328 e. The Hall–Kier alpha value is -1.62. The van der Waals surface area contributed by atoms with E-state index >= 15 is 0 Å². The molecule has 80 valence electrons. The zero-order valence-corrected chi connectivity index (χ0v) is 8.82. The summed E-state index contributed by atoms with van der Waals surface area (Å²) >= 11 is 0. The number of aromatic nitrogens is 3. The standard InChI is InChI=1S/C10H14N4O/c1-10(2,6-11)14-8-3-4-12-5-7(8)13-9(14)15/h3-5H,6,11H2,1-2H3,(H,13,15). The van der Waals surface area contributed by atoms with E-state index in [4.69, 9.17) is 5.73 Å². The van der Waals surface area contributed by atoms with Crippen LogP contribution in [0.2, 0.25) is 0 Å². The molecule has 0 saturated carbocycles. The predicted molar refractivity (Wildman–Crippen MR) is 58.7 cm³/mol. The molecule has 2 rings (SSSR count). The highest BCUT2D eigenvalue weighted by Gasteiger charge is 2.22. The van der Waals surface area contributed by atoms with E-state index in [2.05, 4.69) is 9.97 Å². The summed E-state index contributed by atoms with van der Waals surface area (Å²) < 4.78 is 1.67. The second kappa shape index (κ2) is 3.20. The van der Waals surface area contributed by atoms with Gasteiger partial charge in [-0.2, -0.15) is 0 Å². The largest absolute Gasteiger partial charge is 0.328 e. The molecule has 2 aromatic rings. The van der Waals surface area contributed by atoms with E-state index in [-0.39, 0.29) is 5.69 Å². The number of nitrogens with zero attached hydrogens (tertiary/aromatic N) is 2. The van der Waals surface area contributed by atoms with Crippen LogP contribution in [0.3, 0.4) is 0 Å². The van der Waals surface area contributed by atoms with Crippen LogP contribution in [0.25, 0.3) is 11.0 Å². The Morgan fingerprint density at radius 1 is 1.60 bits per heavy atom. The fraction of sp³-hybridized carbons (Fsp3) is 0.400. The minimum absolute atomic E-state index is 0.145. The molecular weight excluding hydrogens is 192 g/mol. The van der Waals surface area contributed by atoms with Crippen LogP contribution in [0.15, 0.2) is 23.3 Å². The Bertz CT molecular complexity index is 538. The molecule has 2 heterocycles. The Morgan fingerprint density at radius 2 is 2.33 bits per heavy atom. The first-order chi connectivity index (χ1) is 7.06. The molecule has 0 amide bonds. The zero-order valence-electron chi connectivity index (χ0n) is 8.82. The highest BCUT2D eigenvalue weighted by Crippen LogP contribution is 2.17. The van der Waals surface area contributed by atoms with Crippen molar-refractivity contribution in [2.75, 3.05) is 6.54 Å². The van der Waals surface area contributed by atoms with Crippen molar-refractivity contribution in [2.45, 2.75) is 19.4 Å². The van der Waals surface area contributed by atoms with E-state index in [9.17, 15) is 4.79 Å². The van der Waals surface area contributed by atoms with Crippen LogP contribution in [-0.2, 0) is 5.54 Å². The van der Waals surface area contributed by atoms with Gasteiger partial charge in [0, 0.05) is 12.7 Å². The van der Waals surface area contributed by atoms with Gasteiger partial charge < -0.3 is 10.7 Å². The Labute approximate surface area is 86.9 Å². The van der Waals surface area contributed by atoms with Crippen molar-refractivity contribution in [3.05, 3.63) is 28.9 Å². The van der Waals surface area contributed by atoms with Gasteiger partial charge in [-0.05, 0) is 19.9 Å². The molecule has 0 fully saturated rings. The monoisotopic (exact) mass is 206 g/mol. The molecule has 0 aliphatic heterocycles. The molecule has 5 heteroatoms. The number of pyridine rings is 1. The first kappa shape index (κ1) is 9.92. The highest BCUT2D eigenvalue weighted by molar-refractivity contribution is 5.74. The summed E-state index contributed by atoms with van der Waals surface area (Å²) in [6.07, 6.45) is 3.30. The van der Waals surface area contributed by atoms with Crippen LogP contribution in [-0.4, -0.2) is 21.1 Å². The molecule has 0 saturated heterocycles. The molecule has 15 heavy (non-hydrogen) atoms. The van der Waals surface area contributed by atoms with Crippen molar-refractivity contribution < 1.29 is 0 Å². The molecule has 0 radical (unpaired) electrons. The van der Waals surface area contributed by atoms with E-state index in [1.807, 2.05) is 19.9 Å². The predicted octanol–water partition coefficient (Wildman–Crippen LogP) is 0.418. The summed E-state index contributed by atoms with van der Waals surface area (Å²) in [5.41, 5.74) is 6.71. The van der Waals surface area contributed by atoms with E-state index in [0.29, 0.717) is 6.54 Å². The van der Waals surface area contributed by atoms with Gasteiger partial charge in [0.25, 0.3) is 0 Å². The lowest BCUT2D eigenvalue weighted by Crippen LogP contribution is -2.40. The van der Waals surface area contributed by atoms with Crippen LogP contribution >= 0.6 is 0 Å². The lowest BCUT2D eigenvalue weighted by molar-refractivity contribution is 0.367. The SMILES string of the molecule is CC(C)(CN)n1c(=O)[nH]c2cnccc21. The number of hydrogen-bond acceptors (Lipinski definition) is 3. The number of rotatable bonds is 2. The molecule has 0 aliphatic carbocycles. The third-order valence-electron chi connectivity index (χ3n) is 2.59. The van der Waals surface area contributed by atoms with Crippen LogP contribution < -0.4 is 11.4 Å². The first-order valence-corrected chi connectivity index (χ1v) is 4.81. The third kappa shape index (κ3) is 1.45. The van der Waals surface area contributed by atoms with Gasteiger partial charge in [0.15, 0.2) is 0 Å². The van der Waals surface area contributed by atoms with Gasteiger partial charge in [-0.1, -0.05) is 0 Å². The molecule has 0 aliphatic rings. The van der Waals surface area contributed by atoms with Gasteiger partial charge in [-0.3, -0.25) is 9.55 Å². The second-order valence-corrected chi connectivity index (χ2v) is 4.17. The van der Waals surface area contributed by atoms with Crippen LogP contribution in [0.1, 0.15) is 13.8 Å². The number of imidazole rings is 1. The van der Waals surface area contributed by atoms with Crippen molar-refractivity contribution in [3.8, 4) is 0 Å². The van der Waals surface area contributed by atoms with Crippen molar-refractivity contribution in [1.82, 2.24) is 14.5 Å². The molecule has 5 nitrogen and oxygen atoms in total. The molecule has 0 spiro atoms. The Kier molecular flexibility index (Phi) is 2.12. The fourth-order valence-corrected chi connectivity index (χ4v) is 1.65. The number of aromatic amines is 1. The fourth-order valence-electron chi connectivity index (χ4n) is 1.65. The van der Waals surface area contributed by atoms with Gasteiger partial charge in [0.2, 0.25) is 0 Å². The van der Waals surface area contributed by atoms with Gasteiger partial charge in [0.1, 0.15) is 0 Å². The van der Waals surface area contributed by atoms with Crippen molar-refractivity contribution in [1.29, 1.82) is 0 Å². The smallest absolute Gasteiger partial charge is 0.327 e. The van der Waals surface area contributed by atoms with Gasteiger partial charge >= 0.3 is 5.69 Å². The molecule has 3 N–H and O–H groups in total. The lowest BCUT2D eigenvalue weighted by Gasteiger charge is -2.24. The average molecular weight is 206 g/mol. The van der Waals surface area contributed by atoms with E-state index < -0.39 is 5.54 Å². The molecule has 0 aromatic carbocycles. The average Bonchev–Trinajstić information content (AvgIpc) is 2.54. The normalized spacial score (nSPS) is 12.2. The third-order valence-corrected chi connectivity index (χ3v) is 2.59. The van der Waals surface area contributed by atoms with Crippen LogP contribution in [0.4, 0.5) is 0 Å².